The standard InChI is InChI=1S/C20H18F3N3O2/c1-13(15-8-5-9-16(12-15)20(21,22)23)24-17(27)10-11-18-25-26-19(28-18)14-6-3-2-4-7-14/h2-9,12-13H,10-11H2,1H3,(H,24,27). The molecule has 1 unspecified atom stereocenters. The molecule has 3 rings (SSSR count). The van der Waals surface area contributed by atoms with Crippen molar-refractivity contribution >= 4 is 5.91 Å². The number of hydrogen-bond donors (Lipinski definition) is 1. The third kappa shape index (κ3) is 4.97. The Bertz CT molecular complexity index is 939. The van der Waals surface area contributed by atoms with E-state index >= 15 is 0 Å². The van der Waals surface area contributed by atoms with Gasteiger partial charge in [-0.3, -0.25) is 4.79 Å². The number of halogens is 3. The van der Waals surface area contributed by atoms with Gasteiger partial charge in [0.25, 0.3) is 0 Å². The molecule has 1 atom stereocenters. The Morgan fingerprint density at radius 3 is 2.57 bits per heavy atom. The average Bonchev–Trinajstić information content (AvgIpc) is 3.15. The van der Waals surface area contributed by atoms with Crippen molar-refractivity contribution in [3.63, 3.8) is 0 Å². The monoisotopic (exact) mass is 389 g/mol. The summed E-state index contributed by atoms with van der Waals surface area (Å²) in [6.07, 6.45) is -4.10. The second kappa shape index (κ2) is 8.24. The molecule has 1 amide bonds. The van der Waals surface area contributed by atoms with Crippen LogP contribution in [0.2, 0.25) is 0 Å². The van der Waals surface area contributed by atoms with Gasteiger partial charge in [-0.05, 0) is 36.8 Å². The van der Waals surface area contributed by atoms with Crippen molar-refractivity contribution in [1.29, 1.82) is 0 Å². The Balaban J connectivity index is 1.55. The molecule has 0 aliphatic carbocycles. The summed E-state index contributed by atoms with van der Waals surface area (Å²) < 4.78 is 44.0. The Kier molecular flexibility index (Phi) is 5.77. The SMILES string of the molecule is CC(NC(=O)CCc1nnc(-c2ccccc2)o1)c1cccc(C(F)(F)F)c1. The minimum Gasteiger partial charge on any atom is -0.421 e. The number of alkyl halides is 3. The molecular weight excluding hydrogens is 371 g/mol. The van der Waals surface area contributed by atoms with Gasteiger partial charge < -0.3 is 9.73 Å². The Labute approximate surface area is 159 Å². The summed E-state index contributed by atoms with van der Waals surface area (Å²) >= 11 is 0. The van der Waals surface area contributed by atoms with E-state index in [1.807, 2.05) is 30.3 Å². The van der Waals surface area contributed by atoms with E-state index in [-0.39, 0.29) is 18.7 Å². The first-order chi connectivity index (χ1) is 13.3. The largest absolute Gasteiger partial charge is 0.421 e. The van der Waals surface area contributed by atoms with Crippen LogP contribution < -0.4 is 5.32 Å². The number of carbonyl (C=O) groups is 1. The lowest BCUT2D eigenvalue weighted by molar-refractivity contribution is -0.137. The number of aromatic nitrogens is 2. The second-order valence-corrected chi connectivity index (χ2v) is 6.28. The molecule has 3 aromatic rings. The molecule has 0 fully saturated rings. The number of rotatable bonds is 6. The first-order valence-corrected chi connectivity index (χ1v) is 8.67. The van der Waals surface area contributed by atoms with Crippen LogP contribution in [0.3, 0.4) is 0 Å². The van der Waals surface area contributed by atoms with E-state index in [0.717, 1.165) is 17.7 Å². The summed E-state index contributed by atoms with van der Waals surface area (Å²) in [6.45, 7) is 1.63. The molecule has 28 heavy (non-hydrogen) atoms. The van der Waals surface area contributed by atoms with E-state index in [0.29, 0.717) is 17.3 Å². The molecule has 0 saturated heterocycles. The highest BCUT2D eigenvalue weighted by Gasteiger charge is 2.30. The topological polar surface area (TPSA) is 68.0 Å². The average molecular weight is 389 g/mol. The lowest BCUT2D eigenvalue weighted by atomic mass is 10.0. The number of nitrogens with one attached hydrogen (secondary N) is 1. The quantitative estimate of drug-likeness (QED) is 0.671. The van der Waals surface area contributed by atoms with Crippen molar-refractivity contribution in [3.05, 3.63) is 71.6 Å². The summed E-state index contributed by atoms with van der Waals surface area (Å²) in [5.74, 6) is 0.374. The molecular formula is C20H18F3N3O2. The van der Waals surface area contributed by atoms with E-state index in [4.69, 9.17) is 4.42 Å². The van der Waals surface area contributed by atoms with Crippen LogP contribution in [0.4, 0.5) is 13.2 Å². The van der Waals surface area contributed by atoms with Gasteiger partial charge in [0.1, 0.15) is 0 Å². The van der Waals surface area contributed by atoms with Gasteiger partial charge in [-0.25, -0.2) is 0 Å². The van der Waals surface area contributed by atoms with Gasteiger partial charge in [0.15, 0.2) is 0 Å². The molecule has 0 bridgehead atoms. The molecule has 146 valence electrons. The third-order valence-electron chi connectivity index (χ3n) is 4.14. The molecule has 0 radical (unpaired) electrons. The molecule has 0 spiro atoms. The van der Waals surface area contributed by atoms with Crippen LogP contribution >= 0.6 is 0 Å². The molecule has 2 aromatic carbocycles. The van der Waals surface area contributed by atoms with Crippen LogP contribution in [0.25, 0.3) is 11.5 Å². The van der Waals surface area contributed by atoms with Crippen molar-refractivity contribution in [3.8, 4) is 11.5 Å². The number of carbonyl (C=O) groups excluding carboxylic acids is 1. The molecule has 5 nitrogen and oxygen atoms in total. The fourth-order valence-corrected chi connectivity index (χ4v) is 2.65. The molecule has 1 heterocycles. The van der Waals surface area contributed by atoms with Gasteiger partial charge in [0.2, 0.25) is 17.7 Å². The summed E-state index contributed by atoms with van der Waals surface area (Å²) in [6, 6.07) is 13.6. The highest BCUT2D eigenvalue weighted by molar-refractivity contribution is 5.76. The van der Waals surface area contributed by atoms with Crippen LogP contribution in [0.15, 0.2) is 59.0 Å². The fraction of sp³-hybridized carbons (Fsp3) is 0.250. The maximum Gasteiger partial charge on any atom is 0.416 e. The zero-order chi connectivity index (χ0) is 20.1. The number of aryl methyl sites for hydroxylation is 1. The van der Waals surface area contributed by atoms with E-state index < -0.39 is 17.8 Å². The van der Waals surface area contributed by atoms with Crippen molar-refractivity contribution in [2.45, 2.75) is 32.0 Å². The first kappa shape index (κ1) is 19.6. The van der Waals surface area contributed by atoms with Gasteiger partial charge in [0.05, 0.1) is 11.6 Å². The van der Waals surface area contributed by atoms with E-state index in [9.17, 15) is 18.0 Å². The molecule has 0 saturated carbocycles. The van der Waals surface area contributed by atoms with Crippen LogP contribution in [0.5, 0.6) is 0 Å². The highest BCUT2D eigenvalue weighted by Crippen LogP contribution is 2.30. The minimum absolute atomic E-state index is 0.0831. The van der Waals surface area contributed by atoms with Crippen LogP contribution in [0.1, 0.15) is 36.4 Å². The number of hydrogen-bond acceptors (Lipinski definition) is 4. The van der Waals surface area contributed by atoms with Gasteiger partial charge in [-0.2, -0.15) is 13.2 Å². The Hall–Kier alpha value is -3.16. The zero-order valence-electron chi connectivity index (χ0n) is 15.0. The second-order valence-electron chi connectivity index (χ2n) is 6.28. The number of benzene rings is 2. The first-order valence-electron chi connectivity index (χ1n) is 8.67. The predicted octanol–water partition coefficient (Wildman–Crippen LogP) is 4.57. The van der Waals surface area contributed by atoms with Gasteiger partial charge >= 0.3 is 6.18 Å². The minimum atomic E-state index is -4.42. The Morgan fingerprint density at radius 1 is 1.11 bits per heavy atom. The van der Waals surface area contributed by atoms with Crippen LogP contribution in [-0.4, -0.2) is 16.1 Å². The van der Waals surface area contributed by atoms with E-state index in [1.54, 1.807) is 13.0 Å². The van der Waals surface area contributed by atoms with E-state index in [2.05, 4.69) is 15.5 Å². The van der Waals surface area contributed by atoms with Crippen LogP contribution in [-0.2, 0) is 17.4 Å². The normalized spacial score (nSPS) is 12.6. The van der Waals surface area contributed by atoms with Crippen molar-refractivity contribution in [1.82, 2.24) is 15.5 Å². The summed E-state index contributed by atoms with van der Waals surface area (Å²) in [7, 11) is 0. The Morgan fingerprint density at radius 2 is 1.86 bits per heavy atom. The molecule has 1 aromatic heterocycles. The highest BCUT2D eigenvalue weighted by atomic mass is 19.4. The molecule has 8 heteroatoms. The zero-order valence-corrected chi connectivity index (χ0v) is 15.0. The summed E-state index contributed by atoms with van der Waals surface area (Å²) in [5, 5.41) is 10.6. The van der Waals surface area contributed by atoms with Crippen molar-refractivity contribution < 1.29 is 22.4 Å². The summed E-state index contributed by atoms with van der Waals surface area (Å²) in [4.78, 5) is 12.1. The smallest absolute Gasteiger partial charge is 0.416 e. The third-order valence-corrected chi connectivity index (χ3v) is 4.14. The lowest BCUT2D eigenvalue weighted by Gasteiger charge is -2.16. The van der Waals surface area contributed by atoms with Crippen LogP contribution in [0, 0.1) is 0 Å². The molecule has 0 aliphatic rings. The lowest BCUT2D eigenvalue weighted by Crippen LogP contribution is -2.27. The molecule has 0 aliphatic heterocycles. The van der Waals surface area contributed by atoms with Gasteiger partial charge in [-0.1, -0.05) is 30.3 Å². The fourth-order valence-electron chi connectivity index (χ4n) is 2.65. The van der Waals surface area contributed by atoms with E-state index in [1.165, 1.54) is 6.07 Å². The maximum absolute atomic E-state index is 12.8. The van der Waals surface area contributed by atoms with Gasteiger partial charge in [-0.15, -0.1) is 10.2 Å². The predicted molar refractivity (Wildman–Crippen MR) is 96.1 cm³/mol. The summed E-state index contributed by atoms with van der Waals surface area (Å²) in [5.41, 5.74) is 0.418. The number of amides is 1. The van der Waals surface area contributed by atoms with Crippen molar-refractivity contribution in [2.24, 2.45) is 0 Å². The number of nitrogens with zero attached hydrogens (tertiary/aromatic N) is 2. The van der Waals surface area contributed by atoms with Gasteiger partial charge in [0, 0.05) is 18.4 Å². The molecule has 1 N–H and O–H groups in total. The maximum atomic E-state index is 12.8. The van der Waals surface area contributed by atoms with Crippen molar-refractivity contribution in [2.75, 3.05) is 0 Å².